The van der Waals surface area contributed by atoms with Gasteiger partial charge in [0.2, 0.25) is 0 Å². The Morgan fingerprint density at radius 1 is 0.362 bits per heavy atom. The lowest BCUT2D eigenvalue weighted by molar-refractivity contribution is 0.660. The minimum absolute atomic E-state index is 0.0349. The minimum atomic E-state index is -0.0349. The predicted octanol–water partition coefficient (Wildman–Crippen LogP) is 14.2. The Bertz CT molecular complexity index is 3120. The third-order valence-corrected chi connectivity index (χ3v) is 12.0. The van der Waals surface area contributed by atoms with E-state index in [9.17, 15) is 0 Å². The summed E-state index contributed by atoms with van der Waals surface area (Å²) in [6, 6.07) is 71.9. The summed E-state index contributed by atoms with van der Waals surface area (Å²) in [5.74, 6) is 0.715. The molecule has 3 nitrogen and oxygen atoms in total. The molecule has 3 heteroatoms. The van der Waals surface area contributed by atoms with E-state index in [1.807, 2.05) is 24.3 Å². The van der Waals surface area contributed by atoms with E-state index >= 15 is 0 Å². The van der Waals surface area contributed by atoms with Gasteiger partial charge in [-0.2, -0.15) is 0 Å². The molecule has 0 spiro atoms. The fourth-order valence-corrected chi connectivity index (χ4v) is 9.04. The van der Waals surface area contributed by atoms with Gasteiger partial charge < -0.3 is 4.57 Å². The third kappa shape index (κ3) is 5.58. The summed E-state index contributed by atoms with van der Waals surface area (Å²) in [6.07, 6.45) is 0. The highest BCUT2D eigenvalue weighted by atomic mass is 15.0. The first-order chi connectivity index (χ1) is 28.5. The van der Waals surface area contributed by atoms with Crippen LogP contribution < -0.4 is 0 Å². The molecule has 0 amide bonds. The first kappa shape index (κ1) is 33.9. The highest BCUT2D eigenvalue weighted by Gasteiger charge is 2.35. The molecule has 0 fully saturated rings. The van der Waals surface area contributed by atoms with Crippen LogP contribution in [0.1, 0.15) is 25.0 Å². The van der Waals surface area contributed by atoms with Gasteiger partial charge in [-0.05, 0) is 93.0 Å². The standard InChI is InChI=1S/C55H39N3/c1-55(2)48-22-11-9-20-44(48)45-30-26-42(34-49(45)55)40-19-13-18-39(32-40)41-27-31-53-47(33-41)46-21-10-12-23-52(46)58(53)43-28-24-37(25-29-43)51-35-50(36-14-5-3-6-15-36)56-54(57-51)38-16-7-4-8-17-38/h3-35H,1-2H3. The maximum atomic E-state index is 5.07. The zero-order valence-electron chi connectivity index (χ0n) is 32.4. The van der Waals surface area contributed by atoms with E-state index in [4.69, 9.17) is 9.97 Å². The monoisotopic (exact) mass is 741 g/mol. The molecule has 0 saturated heterocycles. The lowest BCUT2D eigenvalue weighted by atomic mass is 9.81. The number of benzene rings is 8. The van der Waals surface area contributed by atoms with Crippen LogP contribution in [0.2, 0.25) is 0 Å². The maximum Gasteiger partial charge on any atom is 0.160 e. The molecule has 2 heterocycles. The Hall–Kier alpha value is -7.36. The summed E-state index contributed by atoms with van der Waals surface area (Å²) >= 11 is 0. The second-order valence-corrected chi connectivity index (χ2v) is 15.8. The quantitative estimate of drug-likeness (QED) is 0.170. The van der Waals surface area contributed by atoms with Crippen LogP contribution in [0.5, 0.6) is 0 Å². The van der Waals surface area contributed by atoms with Crippen molar-refractivity contribution in [1.29, 1.82) is 0 Å². The third-order valence-electron chi connectivity index (χ3n) is 12.0. The molecule has 0 aliphatic heterocycles. The molecule has 0 bridgehead atoms. The van der Waals surface area contributed by atoms with Crippen molar-refractivity contribution in [2.75, 3.05) is 0 Å². The molecule has 11 rings (SSSR count). The van der Waals surface area contributed by atoms with Crippen molar-refractivity contribution in [3.05, 3.63) is 211 Å². The number of fused-ring (bicyclic) bond motifs is 6. The van der Waals surface area contributed by atoms with Crippen LogP contribution in [0.4, 0.5) is 0 Å². The van der Waals surface area contributed by atoms with Gasteiger partial charge in [0, 0.05) is 38.6 Å². The number of para-hydroxylation sites is 1. The lowest BCUT2D eigenvalue weighted by Crippen LogP contribution is -2.14. The van der Waals surface area contributed by atoms with Crippen LogP contribution >= 0.6 is 0 Å². The van der Waals surface area contributed by atoms with Crippen LogP contribution in [-0.4, -0.2) is 14.5 Å². The zero-order valence-corrected chi connectivity index (χ0v) is 32.4. The van der Waals surface area contributed by atoms with E-state index in [2.05, 4.69) is 194 Å². The first-order valence-corrected chi connectivity index (χ1v) is 20.0. The van der Waals surface area contributed by atoms with Gasteiger partial charge in [-0.25, -0.2) is 9.97 Å². The van der Waals surface area contributed by atoms with Crippen molar-refractivity contribution in [1.82, 2.24) is 14.5 Å². The van der Waals surface area contributed by atoms with Gasteiger partial charge in [0.05, 0.1) is 22.4 Å². The summed E-state index contributed by atoms with van der Waals surface area (Å²) < 4.78 is 2.38. The van der Waals surface area contributed by atoms with Crippen LogP contribution in [0.3, 0.4) is 0 Å². The molecule has 58 heavy (non-hydrogen) atoms. The van der Waals surface area contributed by atoms with Crippen molar-refractivity contribution in [2.45, 2.75) is 19.3 Å². The molecule has 0 N–H and O–H groups in total. The zero-order chi connectivity index (χ0) is 38.8. The number of aromatic nitrogens is 3. The van der Waals surface area contributed by atoms with Crippen LogP contribution in [0, 0.1) is 0 Å². The van der Waals surface area contributed by atoms with Crippen molar-refractivity contribution in [2.24, 2.45) is 0 Å². The Morgan fingerprint density at radius 3 is 1.66 bits per heavy atom. The highest BCUT2D eigenvalue weighted by Crippen LogP contribution is 2.49. The average Bonchev–Trinajstić information content (AvgIpc) is 3.74. The summed E-state index contributed by atoms with van der Waals surface area (Å²) in [6.45, 7) is 4.69. The Morgan fingerprint density at radius 2 is 0.897 bits per heavy atom. The van der Waals surface area contributed by atoms with Crippen LogP contribution in [-0.2, 0) is 5.41 Å². The maximum absolute atomic E-state index is 5.07. The molecular formula is C55H39N3. The Balaban J connectivity index is 0.961. The predicted molar refractivity (Wildman–Crippen MR) is 241 cm³/mol. The SMILES string of the molecule is CC1(C)c2ccccc2-c2ccc(-c3cccc(-c4ccc5c(c4)c4ccccc4n5-c4ccc(-c5cc(-c6ccccc6)nc(-c6ccccc6)n5)cc4)c3)cc21. The second kappa shape index (κ2) is 13.4. The molecular weight excluding hydrogens is 703 g/mol. The molecule has 1 aliphatic carbocycles. The summed E-state index contributed by atoms with van der Waals surface area (Å²) in [7, 11) is 0. The van der Waals surface area contributed by atoms with Crippen molar-refractivity contribution < 1.29 is 0 Å². The van der Waals surface area contributed by atoms with Crippen molar-refractivity contribution in [3.8, 4) is 73.0 Å². The molecule has 0 saturated carbocycles. The topological polar surface area (TPSA) is 30.7 Å². The number of hydrogen-bond acceptors (Lipinski definition) is 2. The smallest absolute Gasteiger partial charge is 0.160 e. The van der Waals surface area contributed by atoms with Crippen LogP contribution in [0.25, 0.3) is 94.8 Å². The molecule has 0 unspecified atom stereocenters. The van der Waals surface area contributed by atoms with E-state index in [1.165, 1.54) is 66.3 Å². The molecule has 0 atom stereocenters. The summed E-state index contributed by atoms with van der Waals surface area (Å²) in [5.41, 5.74) is 18.7. The number of rotatable bonds is 6. The van der Waals surface area contributed by atoms with Gasteiger partial charge in [-0.1, -0.05) is 166 Å². The van der Waals surface area contributed by atoms with Gasteiger partial charge in [0.25, 0.3) is 0 Å². The van der Waals surface area contributed by atoms with Gasteiger partial charge in [-0.3, -0.25) is 0 Å². The summed E-state index contributed by atoms with van der Waals surface area (Å²) in [5, 5.41) is 2.46. The van der Waals surface area contributed by atoms with E-state index in [-0.39, 0.29) is 5.41 Å². The largest absolute Gasteiger partial charge is 0.309 e. The van der Waals surface area contributed by atoms with Crippen molar-refractivity contribution in [3.63, 3.8) is 0 Å². The average molecular weight is 742 g/mol. The molecule has 10 aromatic rings. The minimum Gasteiger partial charge on any atom is -0.309 e. The molecule has 0 radical (unpaired) electrons. The van der Waals surface area contributed by atoms with E-state index < -0.39 is 0 Å². The van der Waals surface area contributed by atoms with Gasteiger partial charge in [0.1, 0.15) is 0 Å². The second-order valence-electron chi connectivity index (χ2n) is 15.8. The van der Waals surface area contributed by atoms with E-state index in [0.29, 0.717) is 5.82 Å². The van der Waals surface area contributed by atoms with E-state index in [0.717, 1.165) is 33.8 Å². The molecule has 2 aromatic heterocycles. The van der Waals surface area contributed by atoms with Crippen LogP contribution in [0.15, 0.2) is 200 Å². The van der Waals surface area contributed by atoms with Gasteiger partial charge in [0.15, 0.2) is 5.82 Å². The van der Waals surface area contributed by atoms with Crippen molar-refractivity contribution >= 4 is 21.8 Å². The highest BCUT2D eigenvalue weighted by molar-refractivity contribution is 6.10. The van der Waals surface area contributed by atoms with Gasteiger partial charge in [-0.15, -0.1) is 0 Å². The normalized spacial score (nSPS) is 12.8. The van der Waals surface area contributed by atoms with E-state index in [1.54, 1.807) is 0 Å². The molecule has 8 aromatic carbocycles. The number of nitrogens with zero attached hydrogens (tertiary/aromatic N) is 3. The Labute approximate surface area is 338 Å². The molecule has 1 aliphatic rings. The fraction of sp³-hybridized carbons (Fsp3) is 0.0545. The first-order valence-electron chi connectivity index (χ1n) is 20.0. The lowest BCUT2D eigenvalue weighted by Gasteiger charge is -2.22. The summed E-state index contributed by atoms with van der Waals surface area (Å²) in [4.78, 5) is 10.1. The molecule has 274 valence electrons. The Kier molecular flexibility index (Phi) is 7.84. The fourth-order valence-electron chi connectivity index (χ4n) is 9.04. The number of hydrogen-bond donors (Lipinski definition) is 0. The van der Waals surface area contributed by atoms with Gasteiger partial charge >= 0.3 is 0 Å².